The van der Waals surface area contributed by atoms with Crippen LogP contribution >= 0.6 is 0 Å². The molecule has 1 saturated heterocycles. The third-order valence-electron chi connectivity index (χ3n) is 6.11. The second-order valence-corrected chi connectivity index (χ2v) is 8.04. The molecule has 3 aliphatic rings. The second kappa shape index (κ2) is 7.89. The first-order valence-corrected chi connectivity index (χ1v) is 10.4. The number of hydrogen-bond donors (Lipinski definition) is 1. The molecule has 0 spiro atoms. The molecule has 7 nitrogen and oxygen atoms in total. The Balaban J connectivity index is 1.32. The van der Waals surface area contributed by atoms with Crippen molar-refractivity contribution in [3.05, 3.63) is 59.2 Å². The predicted molar refractivity (Wildman–Crippen MR) is 110 cm³/mol. The summed E-state index contributed by atoms with van der Waals surface area (Å²) in [6.45, 7) is 3.09. The average molecular weight is 407 g/mol. The van der Waals surface area contributed by atoms with Crippen LogP contribution < -0.4 is 14.8 Å². The fraction of sp³-hybridized carbons (Fsp3) is 0.391. The lowest BCUT2D eigenvalue weighted by Gasteiger charge is -2.28. The molecule has 0 atom stereocenters. The van der Waals surface area contributed by atoms with E-state index in [0.717, 1.165) is 24.2 Å². The van der Waals surface area contributed by atoms with Gasteiger partial charge in [0.25, 0.3) is 0 Å². The van der Waals surface area contributed by atoms with Gasteiger partial charge in [-0.05, 0) is 41.7 Å². The number of urea groups is 1. The summed E-state index contributed by atoms with van der Waals surface area (Å²) in [5.41, 5.74) is 3.52. The number of carbonyl (C=O) groups is 2. The minimum Gasteiger partial charge on any atom is -0.454 e. The van der Waals surface area contributed by atoms with Crippen LogP contribution in [-0.4, -0.2) is 54.7 Å². The first-order chi connectivity index (χ1) is 14.7. The lowest BCUT2D eigenvalue weighted by molar-refractivity contribution is -0.136. The third-order valence-corrected chi connectivity index (χ3v) is 6.11. The van der Waals surface area contributed by atoms with Gasteiger partial charge < -0.3 is 24.6 Å². The second-order valence-electron chi connectivity index (χ2n) is 8.04. The van der Waals surface area contributed by atoms with Crippen LogP contribution in [-0.2, 0) is 24.2 Å². The summed E-state index contributed by atoms with van der Waals surface area (Å²) in [7, 11) is 0. The van der Waals surface area contributed by atoms with Crippen LogP contribution in [0.3, 0.4) is 0 Å². The smallest absolute Gasteiger partial charge is 0.317 e. The zero-order valence-corrected chi connectivity index (χ0v) is 16.8. The maximum absolute atomic E-state index is 13.5. The van der Waals surface area contributed by atoms with E-state index in [1.165, 1.54) is 11.1 Å². The first-order valence-electron chi connectivity index (χ1n) is 10.4. The van der Waals surface area contributed by atoms with E-state index in [0.29, 0.717) is 38.5 Å². The third kappa shape index (κ3) is 3.67. The Kier molecular flexibility index (Phi) is 4.94. The predicted octanol–water partition coefficient (Wildman–Crippen LogP) is 2.18. The van der Waals surface area contributed by atoms with Gasteiger partial charge in [-0.2, -0.15) is 0 Å². The maximum Gasteiger partial charge on any atom is 0.317 e. The Labute approximate surface area is 175 Å². The lowest BCUT2D eigenvalue weighted by atomic mass is 10.0. The number of ether oxygens (including phenoxy) is 2. The summed E-state index contributed by atoms with van der Waals surface area (Å²) in [5, 5.41) is 2.82. The van der Waals surface area contributed by atoms with Crippen molar-refractivity contribution in [2.24, 2.45) is 5.92 Å². The Morgan fingerprint density at radius 1 is 1.10 bits per heavy atom. The number of rotatable bonds is 6. The molecule has 2 heterocycles. The molecule has 1 fully saturated rings. The minimum absolute atomic E-state index is 0.0520. The molecule has 1 aliphatic carbocycles. The summed E-state index contributed by atoms with van der Waals surface area (Å²) in [6, 6.07) is 14.0. The molecule has 7 heteroatoms. The zero-order valence-electron chi connectivity index (χ0n) is 16.8. The summed E-state index contributed by atoms with van der Waals surface area (Å²) in [5.74, 6) is 1.54. The van der Waals surface area contributed by atoms with Gasteiger partial charge in [0.2, 0.25) is 12.7 Å². The van der Waals surface area contributed by atoms with E-state index in [-0.39, 0.29) is 24.6 Å². The van der Waals surface area contributed by atoms with Gasteiger partial charge in [-0.15, -0.1) is 0 Å². The summed E-state index contributed by atoms with van der Waals surface area (Å²) < 4.78 is 10.9. The molecule has 0 aromatic heterocycles. The van der Waals surface area contributed by atoms with Gasteiger partial charge in [-0.1, -0.05) is 30.3 Å². The monoisotopic (exact) mass is 407 g/mol. The van der Waals surface area contributed by atoms with E-state index in [9.17, 15) is 9.59 Å². The lowest BCUT2D eigenvalue weighted by Crippen LogP contribution is -2.42. The van der Waals surface area contributed by atoms with Crippen molar-refractivity contribution in [2.45, 2.75) is 19.4 Å². The minimum atomic E-state index is -0.0567. The van der Waals surface area contributed by atoms with Gasteiger partial charge in [0, 0.05) is 38.6 Å². The highest BCUT2D eigenvalue weighted by Gasteiger charge is 2.31. The van der Waals surface area contributed by atoms with Gasteiger partial charge in [0.1, 0.15) is 0 Å². The van der Waals surface area contributed by atoms with Crippen LogP contribution in [0.4, 0.5) is 4.79 Å². The Hall–Kier alpha value is -3.22. The molecule has 1 N–H and O–H groups in total. The molecule has 0 unspecified atom stereocenters. The van der Waals surface area contributed by atoms with Crippen LogP contribution in [0.1, 0.15) is 16.7 Å². The molecule has 2 aliphatic heterocycles. The number of fused-ring (bicyclic) bond motifs is 2. The Morgan fingerprint density at radius 2 is 1.87 bits per heavy atom. The largest absolute Gasteiger partial charge is 0.454 e. The van der Waals surface area contributed by atoms with Gasteiger partial charge in [0.05, 0.1) is 0 Å². The van der Waals surface area contributed by atoms with Crippen LogP contribution in [0.5, 0.6) is 11.5 Å². The zero-order chi connectivity index (χ0) is 20.5. The van der Waals surface area contributed by atoms with Crippen molar-refractivity contribution in [1.29, 1.82) is 0 Å². The van der Waals surface area contributed by atoms with E-state index in [1.807, 2.05) is 35.2 Å². The van der Waals surface area contributed by atoms with Crippen LogP contribution in [0, 0.1) is 5.92 Å². The highest BCUT2D eigenvalue weighted by atomic mass is 16.7. The summed E-state index contributed by atoms with van der Waals surface area (Å²) in [4.78, 5) is 29.1. The van der Waals surface area contributed by atoms with Crippen molar-refractivity contribution in [1.82, 2.24) is 15.1 Å². The highest BCUT2D eigenvalue weighted by molar-refractivity contribution is 5.81. The van der Waals surface area contributed by atoms with Crippen molar-refractivity contribution >= 4 is 11.9 Å². The highest BCUT2D eigenvalue weighted by Crippen LogP contribution is 2.33. The van der Waals surface area contributed by atoms with Gasteiger partial charge in [0.15, 0.2) is 11.5 Å². The summed E-state index contributed by atoms with van der Waals surface area (Å²) >= 11 is 0. The average Bonchev–Trinajstić information content (AvgIpc) is 3.49. The van der Waals surface area contributed by atoms with Gasteiger partial charge in [-0.25, -0.2) is 4.79 Å². The van der Waals surface area contributed by atoms with Crippen molar-refractivity contribution in [3.8, 4) is 11.5 Å². The van der Waals surface area contributed by atoms with Crippen LogP contribution in [0.25, 0.3) is 0 Å². The van der Waals surface area contributed by atoms with Crippen LogP contribution in [0.15, 0.2) is 42.5 Å². The molecule has 0 bridgehead atoms. The molecular formula is C23H25N3O4. The van der Waals surface area contributed by atoms with E-state index in [1.54, 1.807) is 4.90 Å². The molecule has 3 amide bonds. The fourth-order valence-electron chi connectivity index (χ4n) is 4.48. The topological polar surface area (TPSA) is 71.1 Å². The molecule has 0 saturated carbocycles. The summed E-state index contributed by atoms with van der Waals surface area (Å²) in [6.07, 6.45) is 1.55. The van der Waals surface area contributed by atoms with E-state index in [4.69, 9.17) is 9.47 Å². The Bertz CT molecular complexity index is 952. The number of benzene rings is 2. The molecule has 2 aromatic carbocycles. The van der Waals surface area contributed by atoms with Gasteiger partial charge >= 0.3 is 6.03 Å². The molecule has 0 radical (unpaired) electrons. The molecular weight excluding hydrogens is 382 g/mol. The van der Waals surface area contributed by atoms with Crippen molar-refractivity contribution in [3.63, 3.8) is 0 Å². The van der Waals surface area contributed by atoms with Crippen molar-refractivity contribution in [2.75, 3.05) is 33.0 Å². The van der Waals surface area contributed by atoms with E-state index in [2.05, 4.69) is 17.4 Å². The Morgan fingerprint density at radius 3 is 2.60 bits per heavy atom. The van der Waals surface area contributed by atoms with Crippen molar-refractivity contribution < 1.29 is 19.1 Å². The fourth-order valence-corrected chi connectivity index (χ4v) is 4.48. The van der Waals surface area contributed by atoms with Crippen LogP contribution in [0.2, 0.25) is 0 Å². The quantitative estimate of drug-likeness (QED) is 0.797. The molecule has 156 valence electrons. The first kappa shape index (κ1) is 18.8. The van der Waals surface area contributed by atoms with Gasteiger partial charge in [-0.3, -0.25) is 4.79 Å². The van der Waals surface area contributed by atoms with E-state index < -0.39 is 0 Å². The number of nitrogens with zero attached hydrogens (tertiary/aromatic N) is 2. The number of carbonyl (C=O) groups excluding carboxylic acids is 2. The maximum atomic E-state index is 13.5. The number of hydrogen-bond acceptors (Lipinski definition) is 4. The standard InChI is InChI=1S/C23H25N3O4/c27-22(19-12-17-3-1-2-4-18(17)13-19)26(10-9-25-8-7-24-23(25)28)14-16-5-6-20-21(11-16)30-15-29-20/h1-6,11,19H,7-10,12-15H2,(H,24,28). The number of amides is 3. The SMILES string of the molecule is O=C1NCCN1CCN(Cc1ccc2c(c1)OCO2)C(=O)C1Cc2ccccc2C1. The molecule has 30 heavy (non-hydrogen) atoms. The molecule has 5 rings (SSSR count). The normalized spacial score (nSPS) is 17.2. The van der Waals surface area contributed by atoms with E-state index >= 15 is 0 Å². The molecule has 2 aromatic rings. The number of nitrogens with one attached hydrogen (secondary N) is 1.